The van der Waals surface area contributed by atoms with Crippen LogP contribution in [0, 0.1) is 0 Å². The van der Waals surface area contributed by atoms with Crippen LogP contribution in [-0.4, -0.2) is 28.0 Å². The highest BCUT2D eigenvalue weighted by atomic mass is 35.5. The smallest absolute Gasteiger partial charge is 0.328 e. The third kappa shape index (κ3) is 4.97. The number of H-pyrrole nitrogens is 1. The number of anilines is 1. The van der Waals surface area contributed by atoms with E-state index >= 15 is 0 Å². The first kappa shape index (κ1) is 17.8. The summed E-state index contributed by atoms with van der Waals surface area (Å²) in [6, 6.07) is 5.60. The van der Waals surface area contributed by atoms with Gasteiger partial charge in [-0.15, -0.1) is 0 Å². The maximum atomic E-state index is 11.7. The van der Waals surface area contributed by atoms with Crippen LogP contribution in [0.3, 0.4) is 0 Å². The molecule has 2 rings (SSSR count). The van der Waals surface area contributed by atoms with E-state index in [2.05, 4.69) is 5.32 Å². The van der Waals surface area contributed by atoms with Crippen LogP contribution in [0.15, 0.2) is 40.1 Å². The second-order valence-corrected chi connectivity index (χ2v) is 5.41. The number of esters is 1. The van der Waals surface area contributed by atoms with Gasteiger partial charge in [-0.3, -0.25) is 23.9 Å². The number of hydrogen-bond donors (Lipinski definition) is 2. The van der Waals surface area contributed by atoms with Crippen LogP contribution >= 0.6 is 23.2 Å². The predicted octanol–water partition coefficient (Wildman–Crippen LogP) is 1.03. The van der Waals surface area contributed by atoms with Gasteiger partial charge in [0, 0.05) is 17.3 Å². The van der Waals surface area contributed by atoms with Gasteiger partial charge in [0.1, 0.15) is 6.54 Å². The van der Waals surface area contributed by atoms with Crippen LogP contribution in [0.1, 0.15) is 0 Å². The minimum absolute atomic E-state index is 0.277. The van der Waals surface area contributed by atoms with Crippen LogP contribution in [0.2, 0.25) is 10.0 Å². The molecule has 0 unspecified atom stereocenters. The van der Waals surface area contributed by atoms with Crippen molar-refractivity contribution < 1.29 is 14.3 Å². The average molecular weight is 372 g/mol. The number of amides is 1. The molecule has 1 amide bonds. The number of aromatic amines is 1. The number of rotatable bonds is 5. The molecule has 0 bridgehead atoms. The Hall–Kier alpha value is -2.58. The molecule has 2 N–H and O–H groups in total. The Morgan fingerprint density at radius 1 is 1.21 bits per heavy atom. The van der Waals surface area contributed by atoms with Crippen molar-refractivity contribution in [2.24, 2.45) is 0 Å². The average Bonchev–Trinajstić information content (AvgIpc) is 2.52. The molecule has 10 heteroatoms. The molecule has 2 aromatic rings. The molecule has 1 aromatic carbocycles. The van der Waals surface area contributed by atoms with Gasteiger partial charge in [-0.05, 0) is 18.2 Å². The zero-order chi connectivity index (χ0) is 17.7. The standard InChI is InChI=1S/C14H11Cl2N3O5/c15-8-1-2-9(16)10(5-8)17-12(21)7-24-13(22)6-19-4-3-11(20)18-14(19)23/h1-5H,6-7H2,(H,17,21)(H,18,20,23). The Kier molecular flexibility index (Phi) is 5.78. The van der Waals surface area contributed by atoms with Crippen LogP contribution in [-0.2, 0) is 20.9 Å². The van der Waals surface area contributed by atoms with Gasteiger partial charge in [-0.1, -0.05) is 23.2 Å². The largest absolute Gasteiger partial charge is 0.454 e. The molecule has 1 heterocycles. The van der Waals surface area contributed by atoms with E-state index in [9.17, 15) is 19.2 Å². The Morgan fingerprint density at radius 2 is 1.96 bits per heavy atom. The molecule has 126 valence electrons. The molecule has 0 aliphatic heterocycles. The predicted molar refractivity (Wildman–Crippen MR) is 87.4 cm³/mol. The highest BCUT2D eigenvalue weighted by Gasteiger charge is 2.11. The number of aromatic nitrogens is 2. The minimum atomic E-state index is -0.823. The van der Waals surface area contributed by atoms with Crippen molar-refractivity contribution in [2.75, 3.05) is 11.9 Å². The summed E-state index contributed by atoms with van der Waals surface area (Å²) in [5.41, 5.74) is -1.06. The molecule has 0 radical (unpaired) electrons. The van der Waals surface area contributed by atoms with Gasteiger partial charge in [0.25, 0.3) is 11.5 Å². The van der Waals surface area contributed by atoms with Gasteiger partial charge in [0.05, 0.1) is 10.7 Å². The number of nitrogens with one attached hydrogen (secondary N) is 2. The van der Waals surface area contributed by atoms with Gasteiger partial charge in [-0.25, -0.2) is 4.79 Å². The normalized spacial score (nSPS) is 10.2. The van der Waals surface area contributed by atoms with Crippen molar-refractivity contribution in [1.82, 2.24) is 9.55 Å². The van der Waals surface area contributed by atoms with Gasteiger partial charge >= 0.3 is 11.7 Å². The Labute approximate surface area is 145 Å². The fraction of sp³-hybridized carbons (Fsp3) is 0.143. The second-order valence-electron chi connectivity index (χ2n) is 4.57. The summed E-state index contributed by atoms with van der Waals surface area (Å²) in [4.78, 5) is 47.7. The topological polar surface area (TPSA) is 110 Å². The summed E-state index contributed by atoms with van der Waals surface area (Å²) < 4.78 is 5.70. The lowest BCUT2D eigenvalue weighted by Crippen LogP contribution is -2.32. The van der Waals surface area contributed by atoms with Gasteiger partial charge < -0.3 is 10.1 Å². The molecule has 0 aliphatic carbocycles. The molecule has 0 fully saturated rings. The highest BCUT2D eigenvalue weighted by Crippen LogP contribution is 2.25. The summed E-state index contributed by atoms with van der Waals surface area (Å²) >= 11 is 11.7. The van der Waals surface area contributed by atoms with E-state index in [1.165, 1.54) is 12.1 Å². The van der Waals surface area contributed by atoms with Crippen molar-refractivity contribution in [3.05, 3.63) is 61.3 Å². The zero-order valence-corrected chi connectivity index (χ0v) is 13.6. The number of benzene rings is 1. The summed E-state index contributed by atoms with van der Waals surface area (Å²) in [5.74, 6) is -1.45. The molecular formula is C14H11Cl2N3O5. The van der Waals surface area contributed by atoms with Gasteiger partial charge in [-0.2, -0.15) is 0 Å². The maximum Gasteiger partial charge on any atom is 0.328 e. The van der Waals surface area contributed by atoms with E-state index in [4.69, 9.17) is 27.9 Å². The van der Waals surface area contributed by atoms with Crippen LogP contribution in [0.25, 0.3) is 0 Å². The molecule has 0 spiro atoms. The Bertz CT molecular complexity index is 890. The van der Waals surface area contributed by atoms with E-state index in [-0.39, 0.29) is 10.7 Å². The van der Waals surface area contributed by atoms with Crippen LogP contribution in [0.5, 0.6) is 0 Å². The number of halogens is 2. The van der Waals surface area contributed by atoms with E-state index in [1.807, 2.05) is 4.98 Å². The van der Waals surface area contributed by atoms with E-state index in [0.717, 1.165) is 16.8 Å². The third-order valence-electron chi connectivity index (χ3n) is 2.76. The minimum Gasteiger partial charge on any atom is -0.454 e. The summed E-state index contributed by atoms with van der Waals surface area (Å²) in [6.07, 6.45) is 1.15. The lowest BCUT2D eigenvalue weighted by Gasteiger charge is -2.09. The molecule has 0 saturated carbocycles. The number of carbonyl (C=O) groups excluding carboxylic acids is 2. The molecular weight excluding hydrogens is 361 g/mol. The SMILES string of the molecule is O=C(COC(=O)Cn1ccc(=O)[nH]c1=O)Nc1cc(Cl)ccc1Cl. The number of hydrogen-bond acceptors (Lipinski definition) is 5. The van der Waals surface area contributed by atoms with Crippen LogP contribution in [0.4, 0.5) is 5.69 Å². The van der Waals surface area contributed by atoms with E-state index in [1.54, 1.807) is 6.07 Å². The number of carbonyl (C=O) groups is 2. The molecule has 1 aromatic heterocycles. The van der Waals surface area contributed by atoms with E-state index < -0.39 is 36.3 Å². The molecule has 0 atom stereocenters. The Morgan fingerprint density at radius 3 is 2.67 bits per heavy atom. The monoisotopic (exact) mass is 371 g/mol. The molecule has 0 saturated heterocycles. The van der Waals surface area contributed by atoms with Crippen LogP contribution < -0.4 is 16.6 Å². The molecule has 24 heavy (non-hydrogen) atoms. The first-order valence-electron chi connectivity index (χ1n) is 6.55. The number of ether oxygens (including phenoxy) is 1. The molecule has 8 nitrogen and oxygen atoms in total. The summed E-state index contributed by atoms with van der Waals surface area (Å²) in [7, 11) is 0. The fourth-order valence-electron chi connectivity index (χ4n) is 1.68. The van der Waals surface area contributed by atoms with E-state index in [0.29, 0.717) is 5.02 Å². The van der Waals surface area contributed by atoms with Gasteiger partial charge in [0.15, 0.2) is 6.61 Å². The molecule has 0 aliphatic rings. The summed E-state index contributed by atoms with van der Waals surface area (Å²) in [6.45, 7) is -1.01. The van der Waals surface area contributed by atoms with Crippen molar-refractivity contribution in [3.8, 4) is 0 Å². The Balaban J connectivity index is 1.89. The van der Waals surface area contributed by atoms with Gasteiger partial charge in [0.2, 0.25) is 0 Å². The first-order chi connectivity index (χ1) is 11.3. The quantitative estimate of drug-likeness (QED) is 0.762. The number of nitrogens with zero attached hydrogens (tertiary/aromatic N) is 1. The van der Waals surface area contributed by atoms with Crippen molar-refractivity contribution in [3.63, 3.8) is 0 Å². The third-order valence-corrected chi connectivity index (χ3v) is 3.33. The van der Waals surface area contributed by atoms with Crippen molar-refractivity contribution in [2.45, 2.75) is 6.54 Å². The summed E-state index contributed by atoms with van der Waals surface area (Å²) in [5, 5.41) is 3.10. The second kappa shape index (κ2) is 7.80. The van der Waals surface area contributed by atoms with Crippen molar-refractivity contribution in [1.29, 1.82) is 0 Å². The lowest BCUT2D eigenvalue weighted by molar-refractivity contribution is -0.148. The van der Waals surface area contributed by atoms with Crippen molar-refractivity contribution >= 4 is 40.8 Å². The maximum absolute atomic E-state index is 11.7. The lowest BCUT2D eigenvalue weighted by atomic mass is 10.3. The highest BCUT2D eigenvalue weighted by molar-refractivity contribution is 6.35. The zero-order valence-electron chi connectivity index (χ0n) is 12.0. The first-order valence-corrected chi connectivity index (χ1v) is 7.31. The fourth-order valence-corrected chi connectivity index (χ4v) is 2.02.